The lowest BCUT2D eigenvalue weighted by Crippen LogP contribution is -2.50. The van der Waals surface area contributed by atoms with E-state index < -0.39 is 5.97 Å². The SMILES string of the molecule is CC1CC(C(=O)O)CCN1C(=O)N(C)Cc1cc(Br)cs1. The number of rotatable bonds is 3. The van der Waals surface area contributed by atoms with Gasteiger partial charge in [-0.05, 0) is 41.8 Å². The normalized spacial score (nSPS) is 22.1. The highest BCUT2D eigenvalue weighted by Crippen LogP contribution is 2.25. The number of aliphatic carboxylic acids is 1. The molecule has 0 spiro atoms. The number of hydrogen-bond acceptors (Lipinski definition) is 3. The molecule has 0 saturated carbocycles. The zero-order valence-corrected chi connectivity index (χ0v) is 14.5. The van der Waals surface area contributed by atoms with E-state index in [9.17, 15) is 9.59 Å². The second kappa shape index (κ2) is 6.79. The molecule has 7 heteroatoms. The van der Waals surface area contributed by atoms with E-state index >= 15 is 0 Å². The molecule has 2 amide bonds. The lowest BCUT2D eigenvalue weighted by molar-refractivity contribution is -0.143. The van der Waals surface area contributed by atoms with Crippen LogP contribution in [0.2, 0.25) is 0 Å². The molecule has 1 N–H and O–H groups in total. The van der Waals surface area contributed by atoms with Crippen LogP contribution in [0.5, 0.6) is 0 Å². The zero-order chi connectivity index (χ0) is 15.6. The van der Waals surface area contributed by atoms with Crippen molar-refractivity contribution in [3.05, 3.63) is 20.8 Å². The van der Waals surface area contributed by atoms with Crippen LogP contribution in [0, 0.1) is 5.92 Å². The summed E-state index contributed by atoms with van der Waals surface area (Å²) in [7, 11) is 1.78. The molecule has 2 heterocycles. The van der Waals surface area contributed by atoms with Crippen molar-refractivity contribution in [1.82, 2.24) is 9.80 Å². The highest BCUT2D eigenvalue weighted by Gasteiger charge is 2.33. The smallest absolute Gasteiger partial charge is 0.320 e. The van der Waals surface area contributed by atoms with E-state index in [1.54, 1.807) is 28.2 Å². The van der Waals surface area contributed by atoms with Crippen molar-refractivity contribution in [2.75, 3.05) is 13.6 Å². The van der Waals surface area contributed by atoms with Crippen molar-refractivity contribution in [2.45, 2.75) is 32.4 Å². The van der Waals surface area contributed by atoms with Gasteiger partial charge in [-0.1, -0.05) is 0 Å². The van der Waals surface area contributed by atoms with Crippen molar-refractivity contribution in [3.63, 3.8) is 0 Å². The third kappa shape index (κ3) is 3.97. The van der Waals surface area contributed by atoms with Crippen molar-refractivity contribution >= 4 is 39.3 Å². The molecular formula is C14H19BrN2O3S. The van der Waals surface area contributed by atoms with Crippen LogP contribution in [0.25, 0.3) is 0 Å². The highest BCUT2D eigenvalue weighted by atomic mass is 79.9. The summed E-state index contributed by atoms with van der Waals surface area (Å²) in [5.74, 6) is -1.09. The number of thiophene rings is 1. The Kier molecular flexibility index (Phi) is 5.27. The van der Waals surface area contributed by atoms with Gasteiger partial charge in [-0.2, -0.15) is 0 Å². The first-order valence-electron chi connectivity index (χ1n) is 6.86. The van der Waals surface area contributed by atoms with E-state index in [2.05, 4.69) is 15.9 Å². The highest BCUT2D eigenvalue weighted by molar-refractivity contribution is 9.10. The summed E-state index contributed by atoms with van der Waals surface area (Å²) in [5.41, 5.74) is 0. The van der Waals surface area contributed by atoms with Gasteiger partial charge in [0.05, 0.1) is 12.5 Å². The molecule has 1 aromatic heterocycles. The maximum Gasteiger partial charge on any atom is 0.320 e. The van der Waals surface area contributed by atoms with Gasteiger partial charge in [0.2, 0.25) is 0 Å². The summed E-state index contributed by atoms with van der Waals surface area (Å²) in [4.78, 5) is 28.1. The minimum Gasteiger partial charge on any atom is -0.481 e. The molecule has 1 aliphatic heterocycles. The zero-order valence-electron chi connectivity index (χ0n) is 12.1. The van der Waals surface area contributed by atoms with E-state index in [0.29, 0.717) is 25.9 Å². The molecular weight excluding hydrogens is 356 g/mol. The minimum absolute atomic E-state index is 0.0316. The molecule has 1 aliphatic rings. The number of carbonyl (C=O) groups excluding carboxylic acids is 1. The van der Waals surface area contributed by atoms with E-state index in [1.807, 2.05) is 18.4 Å². The number of carboxylic acids is 1. The van der Waals surface area contributed by atoms with Gasteiger partial charge < -0.3 is 14.9 Å². The average Bonchev–Trinajstić information content (AvgIpc) is 2.83. The molecule has 0 aliphatic carbocycles. The van der Waals surface area contributed by atoms with Gasteiger partial charge >= 0.3 is 12.0 Å². The van der Waals surface area contributed by atoms with Gasteiger partial charge in [-0.25, -0.2) is 4.79 Å². The van der Waals surface area contributed by atoms with Crippen LogP contribution in [0.15, 0.2) is 15.9 Å². The van der Waals surface area contributed by atoms with Crippen LogP contribution in [-0.2, 0) is 11.3 Å². The molecule has 2 unspecified atom stereocenters. The molecule has 5 nitrogen and oxygen atoms in total. The topological polar surface area (TPSA) is 60.9 Å². The Morgan fingerprint density at radius 2 is 2.29 bits per heavy atom. The number of amides is 2. The maximum absolute atomic E-state index is 12.5. The molecule has 1 fully saturated rings. The first-order chi connectivity index (χ1) is 9.88. The van der Waals surface area contributed by atoms with E-state index in [1.165, 1.54) is 0 Å². The number of piperidine rings is 1. The fraction of sp³-hybridized carbons (Fsp3) is 0.571. The number of likely N-dealkylation sites (tertiary alicyclic amines) is 1. The Morgan fingerprint density at radius 1 is 1.57 bits per heavy atom. The summed E-state index contributed by atoms with van der Waals surface area (Å²) >= 11 is 5.02. The predicted octanol–water partition coefficient (Wildman–Crippen LogP) is 3.25. The van der Waals surface area contributed by atoms with Gasteiger partial charge in [0, 0.05) is 34.4 Å². The van der Waals surface area contributed by atoms with Gasteiger partial charge in [0.1, 0.15) is 0 Å². The van der Waals surface area contributed by atoms with E-state index in [4.69, 9.17) is 5.11 Å². The molecule has 1 saturated heterocycles. The molecule has 116 valence electrons. The number of carboxylic acid groups (broad SMARTS) is 1. The number of carbonyl (C=O) groups is 2. The first kappa shape index (κ1) is 16.3. The first-order valence-corrected chi connectivity index (χ1v) is 8.53. The molecule has 0 radical (unpaired) electrons. The molecule has 2 atom stereocenters. The number of urea groups is 1. The van der Waals surface area contributed by atoms with Crippen molar-refractivity contribution in [3.8, 4) is 0 Å². The Morgan fingerprint density at radius 3 is 2.81 bits per heavy atom. The summed E-state index contributed by atoms with van der Waals surface area (Å²) in [6.45, 7) is 3.00. The maximum atomic E-state index is 12.5. The van der Waals surface area contributed by atoms with Crippen molar-refractivity contribution < 1.29 is 14.7 Å². The Labute approximate surface area is 136 Å². The third-order valence-corrected chi connectivity index (χ3v) is 5.49. The fourth-order valence-electron chi connectivity index (χ4n) is 2.64. The predicted molar refractivity (Wildman–Crippen MR) is 85.4 cm³/mol. The van der Waals surface area contributed by atoms with Crippen LogP contribution >= 0.6 is 27.3 Å². The number of nitrogens with zero attached hydrogens (tertiary/aromatic N) is 2. The summed E-state index contributed by atoms with van der Waals surface area (Å²) in [5, 5.41) is 11.1. The van der Waals surface area contributed by atoms with Crippen LogP contribution in [0.1, 0.15) is 24.6 Å². The van der Waals surface area contributed by atoms with E-state index in [-0.39, 0.29) is 18.0 Å². The number of halogens is 1. The third-order valence-electron chi connectivity index (χ3n) is 3.81. The summed E-state index contributed by atoms with van der Waals surface area (Å²) < 4.78 is 1.03. The van der Waals surface area contributed by atoms with Gasteiger partial charge in [-0.15, -0.1) is 11.3 Å². The minimum atomic E-state index is -0.759. The lowest BCUT2D eigenvalue weighted by Gasteiger charge is -2.38. The molecule has 0 aromatic carbocycles. The molecule has 21 heavy (non-hydrogen) atoms. The Bertz CT molecular complexity index is 534. The Hall–Kier alpha value is -1.08. The second-order valence-corrected chi connectivity index (χ2v) is 7.38. The van der Waals surface area contributed by atoms with Crippen molar-refractivity contribution in [1.29, 1.82) is 0 Å². The summed E-state index contributed by atoms with van der Waals surface area (Å²) in [6.07, 6.45) is 1.06. The monoisotopic (exact) mass is 374 g/mol. The van der Waals surface area contributed by atoms with Crippen LogP contribution in [0.4, 0.5) is 4.79 Å². The molecule has 0 bridgehead atoms. The van der Waals surface area contributed by atoms with Crippen LogP contribution < -0.4 is 0 Å². The Balaban J connectivity index is 1.95. The van der Waals surface area contributed by atoms with Gasteiger partial charge in [-0.3, -0.25) is 4.79 Å². The largest absolute Gasteiger partial charge is 0.481 e. The quantitative estimate of drug-likeness (QED) is 0.882. The fourth-order valence-corrected chi connectivity index (χ4v) is 4.14. The van der Waals surface area contributed by atoms with Crippen LogP contribution in [0.3, 0.4) is 0 Å². The number of hydrogen-bond donors (Lipinski definition) is 1. The average molecular weight is 375 g/mol. The second-order valence-electron chi connectivity index (χ2n) is 5.47. The molecule has 1 aromatic rings. The summed E-state index contributed by atoms with van der Waals surface area (Å²) in [6, 6.07) is 1.94. The molecule has 2 rings (SSSR count). The van der Waals surface area contributed by atoms with Gasteiger partial charge in [0.15, 0.2) is 0 Å². The van der Waals surface area contributed by atoms with E-state index in [0.717, 1.165) is 9.35 Å². The lowest BCUT2D eigenvalue weighted by atomic mass is 9.92. The van der Waals surface area contributed by atoms with Crippen molar-refractivity contribution in [2.24, 2.45) is 5.92 Å². The van der Waals surface area contributed by atoms with Crippen LogP contribution in [-0.4, -0.2) is 46.5 Å². The standard InChI is InChI=1S/C14H19BrN2O3S/c1-9-5-10(13(18)19)3-4-17(9)14(20)16(2)7-12-6-11(15)8-21-12/h6,8-10H,3-5,7H2,1-2H3,(H,18,19). The van der Waals surface area contributed by atoms with Gasteiger partial charge in [0.25, 0.3) is 0 Å².